The number of hydrogen-bond donors (Lipinski definition) is 1. The summed E-state index contributed by atoms with van der Waals surface area (Å²) in [5.74, 6) is -1.10. The normalized spacial score (nSPS) is 18.9. The van der Waals surface area contributed by atoms with E-state index in [-0.39, 0.29) is 60.5 Å². The highest BCUT2D eigenvalue weighted by atomic mass is 28.4. The minimum absolute atomic E-state index is 0.0329. The molecule has 8 nitrogen and oxygen atoms in total. The number of methoxy groups -OCH3 is 2. The molecule has 1 N–H and O–H groups in total. The van der Waals surface area contributed by atoms with Gasteiger partial charge >= 0.3 is 0 Å². The monoisotopic (exact) mass is 619 g/mol. The number of imide groups is 1. The Bertz CT molecular complexity index is 948. The number of ether oxygens (including phenoxy) is 3. The van der Waals surface area contributed by atoms with E-state index in [1.165, 1.54) is 0 Å². The van der Waals surface area contributed by atoms with Crippen LogP contribution in [0.3, 0.4) is 0 Å². The van der Waals surface area contributed by atoms with Crippen molar-refractivity contribution in [3.8, 4) is 0 Å². The van der Waals surface area contributed by atoms with Crippen LogP contribution in [0.25, 0.3) is 0 Å². The lowest BCUT2D eigenvalue weighted by molar-refractivity contribution is -0.138. The lowest BCUT2D eigenvalue weighted by atomic mass is 9.88. The molecule has 0 unspecified atom stereocenters. The summed E-state index contributed by atoms with van der Waals surface area (Å²) in [5, 5.41) is 2.32. The summed E-state index contributed by atoms with van der Waals surface area (Å²) >= 11 is 0. The van der Waals surface area contributed by atoms with Crippen LogP contribution in [0.15, 0.2) is 48.6 Å². The molecule has 0 bridgehead atoms. The number of piperidine rings is 1. The van der Waals surface area contributed by atoms with Gasteiger partial charge in [0, 0.05) is 38.9 Å². The molecule has 1 aliphatic heterocycles. The number of amides is 2. The summed E-state index contributed by atoms with van der Waals surface area (Å²) in [6.07, 6.45) is 13.3. The number of unbranched alkanes of at least 4 members (excludes halogenated alkanes) is 1. The SMILES string of the molecule is C=CCC/C=C/[C@H](OC)[C@@H](OCOC)[C@H](C)[C@@H](O[Si](CC)(CC)CC)/C(C)=C/[C@H](C)C(=O)/C=C/CC1CC(=O)NC(=O)C1. The third-order valence-electron chi connectivity index (χ3n) is 8.53. The van der Waals surface area contributed by atoms with E-state index >= 15 is 0 Å². The van der Waals surface area contributed by atoms with Crippen LogP contribution in [0.4, 0.5) is 0 Å². The van der Waals surface area contributed by atoms with Crippen LogP contribution in [0.5, 0.6) is 0 Å². The Hall–Kier alpha value is -2.17. The predicted molar refractivity (Wildman–Crippen MR) is 175 cm³/mol. The Morgan fingerprint density at radius 1 is 1.05 bits per heavy atom. The Labute approximate surface area is 261 Å². The summed E-state index contributed by atoms with van der Waals surface area (Å²) in [7, 11) is 1.24. The second-order valence-corrected chi connectivity index (χ2v) is 16.4. The van der Waals surface area contributed by atoms with Crippen molar-refractivity contribution in [2.75, 3.05) is 21.0 Å². The molecule has 0 saturated carbocycles. The maximum atomic E-state index is 13.1. The van der Waals surface area contributed by atoms with Gasteiger partial charge in [0.25, 0.3) is 0 Å². The quantitative estimate of drug-likeness (QED) is 0.0360. The van der Waals surface area contributed by atoms with E-state index in [4.69, 9.17) is 18.6 Å². The van der Waals surface area contributed by atoms with Crippen LogP contribution < -0.4 is 5.32 Å². The molecule has 1 saturated heterocycles. The van der Waals surface area contributed by atoms with Crippen LogP contribution in [-0.4, -0.2) is 65.2 Å². The lowest BCUT2D eigenvalue weighted by Crippen LogP contribution is -2.48. The molecule has 0 aromatic rings. The molecular formula is C34H57NO7Si. The zero-order valence-electron chi connectivity index (χ0n) is 27.9. The summed E-state index contributed by atoms with van der Waals surface area (Å²) in [4.78, 5) is 36.4. The first kappa shape index (κ1) is 38.9. The Kier molecular flexibility index (Phi) is 18.7. The third kappa shape index (κ3) is 13.2. The van der Waals surface area contributed by atoms with Gasteiger partial charge < -0.3 is 18.6 Å². The molecule has 0 spiro atoms. The summed E-state index contributed by atoms with van der Waals surface area (Å²) in [5.41, 5.74) is 0.986. The zero-order valence-corrected chi connectivity index (χ0v) is 28.9. The second-order valence-electron chi connectivity index (χ2n) is 11.7. The van der Waals surface area contributed by atoms with Gasteiger partial charge in [-0.15, -0.1) is 6.58 Å². The first-order valence-electron chi connectivity index (χ1n) is 15.8. The van der Waals surface area contributed by atoms with Crippen molar-refractivity contribution >= 4 is 25.9 Å². The number of allylic oxidation sites excluding steroid dienone is 5. The van der Waals surface area contributed by atoms with Crippen LogP contribution in [0.2, 0.25) is 18.1 Å². The first-order chi connectivity index (χ1) is 20.5. The van der Waals surface area contributed by atoms with Crippen molar-refractivity contribution in [1.82, 2.24) is 5.32 Å². The van der Waals surface area contributed by atoms with Crippen molar-refractivity contribution < 1.29 is 33.0 Å². The van der Waals surface area contributed by atoms with Crippen LogP contribution >= 0.6 is 0 Å². The molecule has 1 heterocycles. The summed E-state index contributed by atoms with van der Waals surface area (Å²) in [6, 6.07) is 2.98. The number of rotatable bonds is 22. The molecule has 0 aliphatic carbocycles. The minimum Gasteiger partial charge on any atom is -0.410 e. The van der Waals surface area contributed by atoms with Gasteiger partial charge in [-0.2, -0.15) is 0 Å². The Morgan fingerprint density at radius 3 is 2.21 bits per heavy atom. The smallest absolute Gasteiger partial charge is 0.226 e. The predicted octanol–water partition coefficient (Wildman–Crippen LogP) is 6.69. The molecule has 43 heavy (non-hydrogen) atoms. The van der Waals surface area contributed by atoms with E-state index in [0.29, 0.717) is 19.3 Å². The van der Waals surface area contributed by atoms with Gasteiger partial charge in [0.15, 0.2) is 14.1 Å². The molecule has 0 aromatic carbocycles. The number of carbonyl (C=O) groups is 3. The van der Waals surface area contributed by atoms with E-state index in [1.807, 2.05) is 32.1 Å². The fourth-order valence-electron chi connectivity index (χ4n) is 5.64. The Morgan fingerprint density at radius 2 is 1.67 bits per heavy atom. The minimum atomic E-state index is -2.05. The van der Waals surface area contributed by atoms with Gasteiger partial charge in [0.2, 0.25) is 11.8 Å². The van der Waals surface area contributed by atoms with Crippen molar-refractivity contribution in [3.63, 3.8) is 0 Å². The number of hydrogen-bond acceptors (Lipinski definition) is 7. The van der Waals surface area contributed by atoms with Crippen molar-refractivity contribution in [2.45, 2.75) is 110 Å². The maximum Gasteiger partial charge on any atom is 0.226 e. The van der Waals surface area contributed by atoms with Gasteiger partial charge in [-0.3, -0.25) is 19.7 Å². The highest BCUT2D eigenvalue weighted by Gasteiger charge is 2.39. The van der Waals surface area contributed by atoms with Gasteiger partial charge in [-0.25, -0.2) is 0 Å². The number of carbonyl (C=O) groups excluding carboxylic acids is 3. The van der Waals surface area contributed by atoms with E-state index in [0.717, 1.165) is 36.5 Å². The highest BCUT2D eigenvalue weighted by molar-refractivity contribution is 6.73. The van der Waals surface area contributed by atoms with Crippen LogP contribution in [-0.2, 0) is 33.0 Å². The number of nitrogens with one attached hydrogen (secondary N) is 1. The zero-order chi connectivity index (χ0) is 32.4. The van der Waals surface area contributed by atoms with E-state index < -0.39 is 8.32 Å². The van der Waals surface area contributed by atoms with Gasteiger partial charge in [-0.1, -0.05) is 65.0 Å². The fourth-order valence-corrected chi connectivity index (χ4v) is 8.58. The summed E-state index contributed by atoms with van der Waals surface area (Å²) < 4.78 is 24.6. The topological polar surface area (TPSA) is 100 Å². The first-order valence-corrected chi connectivity index (χ1v) is 18.3. The largest absolute Gasteiger partial charge is 0.410 e. The fraction of sp³-hybridized carbons (Fsp3) is 0.676. The van der Waals surface area contributed by atoms with E-state index in [2.05, 4.69) is 45.7 Å². The molecule has 1 fully saturated rings. The average Bonchev–Trinajstić information content (AvgIpc) is 2.98. The van der Waals surface area contributed by atoms with Gasteiger partial charge in [0.05, 0.1) is 12.2 Å². The maximum absolute atomic E-state index is 13.1. The average molecular weight is 620 g/mol. The molecule has 5 atom stereocenters. The molecule has 1 rings (SSSR count). The number of ketones is 1. The molecule has 0 aromatic heterocycles. The molecule has 1 aliphatic rings. The standard InChI is InChI=1S/C34H57NO7Si/c1-10-14-15-16-20-30(40-9)34(41-24-39-8)27(7)33(42-43(11-2,12-3)13-4)26(6)21-25(5)29(36)19-17-18-28-22-31(37)35-32(38)23-28/h10,16-17,19-21,25,27-28,30,33-34H,1,11-15,18,22-24H2,2-9H3,(H,35,37,38)/b19-17+,20-16+,26-21+/t25-,27+,30-,33-,34-/m0/s1. The third-order valence-corrected chi connectivity index (χ3v) is 13.2. The van der Waals surface area contributed by atoms with Crippen molar-refractivity contribution in [1.29, 1.82) is 0 Å². The van der Waals surface area contributed by atoms with E-state index in [9.17, 15) is 14.4 Å². The van der Waals surface area contributed by atoms with Crippen LogP contribution in [0, 0.1) is 17.8 Å². The molecular weight excluding hydrogens is 562 g/mol. The molecule has 2 amide bonds. The van der Waals surface area contributed by atoms with Gasteiger partial charge in [-0.05, 0) is 61.9 Å². The van der Waals surface area contributed by atoms with Gasteiger partial charge in [0.1, 0.15) is 12.9 Å². The van der Waals surface area contributed by atoms with Crippen molar-refractivity contribution in [3.05, 3.63) is 48.6 Å². The molecule has 9 heteroatoms. The second kappa shape index (κ2) is 20.7. The highest BCUT2D eigenvalue weighted by Crippen LogP contribution is 2.33. The van der Waals surface area contributed by atoms with Crippen LogP contribution in [0.1, 0.15) is 73.6 Å². The van der Waals surface area contributed by atoms with Crippen molar-refractivity contribution in [2.24, 2.45) is 17.8 Å². The summed E-state index contributed by atoms with van der Waals surface area (Å²) in [6.45, 7) is 16.6. The molecule has 244 valence electrons. The van der Waals surface area contributed by atoms with E-state index in [1.54, 1.807) is 26.4 Å². The Balaban J connectivity index is 3.29. The lowest BCUT2D eigenvalue weighted by Gasteiger charge is -2.40. The molecule has 0 radical (unpaired) electrons.